The minimum atomic E-state index is -2.72. The Morgan fingerprint density at radius 2 is 2.08 bits per heavy atom. The summed E-state index contributed by atoms with van der Waals surface area (Å²) >= 11 is 0. The van der Waals surface area contributed by atoms with Crippen LogP contribution >= 0.6 is 0 Å². The number of hydrogen-bond donors (Lipinski definition) is 2. The molecule has 0 atom stereocenters. The van der Waals surface area contributed by atoms with Crippen LogP contribution in [0, 0.1) is 12.7 Å². The summed E-state index contributed by atoms with van der Waals surface area (Å²) in [4.78, 5) is 0. The van der Waals surface area contributed by atoms with Crippen LogP contribution in [0.15, 0.2) is 30.3 Å². The lowest BCUT2D eigenvalue weighted by Crippen LogP contribution is -2.11. The molecule has 0 aliphatic carbocycles. The van der Waals surface area contributed by atoms with Gasteiger partial charge in [-0.15, -0.1) is 5.10 Å². The molecule has 3 rings (SSSR count). The van der Waals surface area contributed by atoms with E-state index in [4.69, 9.17) is 4.74 Å². The standard InChI is InChI=1S/C15H15FN4O3S/c1-9-5-14-12(7-15(9)23-2)18-19-20(14)13-4-3-10(6-11(13)16)8-17-24(21)22/h3-7,24H,8H2,1-2H3,(H,17,21,22). The van der Waals surface area contributed by atoms with Crippen LogP contribution in [0.25, 0.3) is 16.7 Å². The van der Waals surface area contributed by atoms with Gasteiger partial charge in [-0.3, -0.25) is 0 Å². The molecular formula is C15H15FN4O3S. The monoisotopic (exact) mass is 350 g/mol. The summed E-state index contributed by atoms with van der Waals surface area (Å²) in [6.07, 6.45) is 0. The average molecular weight is 350 g/mol. The van der Waals surface area contributed by atoms with Crippen molar-refractivity contribution in [3.63, 3.8) is 0 Å². The summed E-state index contributed by atoms with van der Waals surface area (Å²) < 4.78 is 44.4. The molecule has 9 heteroatoms. The Kier molecular flexibility index (Phi) is 4.45. The smallest absolute Gasteiger partial charge is 0.201 e. The first kappa shape index (κ1) is 16.3. The molecule has 2 aromatic carbocycles. The number of hydrogen-bond acceptors (Lipinski definition) is 5. The van der Waals surface area contributed by atoms with Gasteiger partial charge in [0.05, 0.1) is 12.6 Å². The highest BCUT2D eigenvalue weighted by molar-refractivity contribution is 7.70. The van der Waals surface area contributed by atoms with Gasteiger partial charge in [-0.1, -0.05) is 11.3 Å². The number of benzene rings is 2. The minimum absolute atomic E-state index is 0.0321. The Labute approximate surface area is 139 Å². The highest BCUT2D eigenvalue weighted by atomic mass is 32.2. The minimum Gasteiger partial charge on any atom is -0.496 e. The van der Waals surface area contributed by atoms with Gasteiger partial charge in [0.1, 0.15) is 22.8 Å². The third-order valence-corrected chi connectivity index (χ3v) is 4.03. The number of methoxy groups -OCH3 is 1. The van der Waals surface area contributed by atoms with Crippen molar-refractivity contribution in [3.05, 3.63) is 47.3 Å². The molecule has 0 saturated carbocycles. The second-order valence-corrected chi connectivity index (χ2v) is 6.02. The second kappa shape index (κ2) is 6.54. The molecular weight excluding hydrogens is 335 g/mol. The number of aromatic nitrogens is 3. The van der Waals surface area contributed by atoms with Crippen LogP contribution in [-0.4, -0.2) is 30.5 Å². The maximum absolute atomic E-state index is 14.4. The Bertz CT molecular complexity index is 976. The van der Waals surface area contributed by atoms with Gasteiger partial charge in [-0.05, 0) is 36.2 Å². The maximum Gasteiger partial charge on any atom is 0.201 e. The first-order valence-electron chi connectivity index (χ1n) is 7.06. The van der Waals surface area contributed by atoms with Crippen LogP contribution in [0.2, 0.25) is 0 Å². The van der Waals surface area contributed by atoms with Gasteiger partial charge >= 0.3 is 0 Å². The van der Waals surface area contributed by atoms with Gasteiger partial charge in [-0.2, -0.15) is 0 Å². The van der Waals surface area contributed by atoms with Crippen LogP contribution in [-0.2, 0) is 17.4 Å². The molecule has 0 fully saturated rings. The van der Waals surface area contributed by atoms with Gasteiger partial charge in [0.25, 0.3) is 0 Å². The van der Waals surface area contributed by atoms with Crippen molar-refractivity contribution < 1.29 is 17.5 Å². The zero-order chi connectivity index (χ0) is 17.3. The number of fused-ring (bicyclic) bond motifs is 1. The summed E-state index contributed by atoms with van der Waals surface area (Å²) in [7, 11) is -1.15. The Morgan fingerprint density at radius 3 is 2.75 bits per heavy atom. The van der Waals surface area contributed by atoms with Crippen LogP contribution in [0.3, 0.4) is 0 Å². The van der Waals surface area contributed by atoms with E-state index in [0.29, 0.717) is 22.3 Å². The number of rotatable bonds is 5. The highest BCUT2D eigenvalue weighted by Gasteiger charge is 2.13. The van der Waals surface area contributed by atoms with E-state index in [2.05, 4.69) is 15.0 Å². The number of nitrogens with zero attached hydrogens (tertiary/aromatic N) is 3. The van der Waals surface area contributed by atoms with E-state index in [0.717, 1.165) is 5.56 Å². The predicted molar refractivity (Wildman–Crippen MR) is 87.3 cm³/mol. The van der Waals surface area contributed by atoms with Gasteiger partial charge < -0.3 is 4.74 Å². The molecule has 0 spiro atoms. The lowest BCUT2D eigenvalue weighted by molar-refractivity contribution is 0.412. The lowest BCUT2D eigenvalue weighted by Gasteiger charge is -2.08. The van der Waals surface area contributed by atoms with E-state index in [1.807, 2.05) is 13.0 Å². The summed E-state index contributed by atoms with van der Waals surface area (Å²) in [5.74, 6) is 0.166. The van der Waals surface area contributed by atoms with Crippen LogP contribution < -0.4 is 9.46 Å². The van der Waals surface area contributed by atoms with Crippen LogP contribution in [0.5, 0.6) is 5.75 Å². The fourth-order valence-corrected chi connectivity index (χ4v) is 2.75. The highest BCUT2D eigenvalue weighted by Crippen LogP contribution is 2.26. The number of ether oxygens (including phenoxy) is 1. The zero-order valence-electron chi connectivity index (χ0n) is 13.0. The molecule has 126 valence electrons. The van der Waals surface area contributed by atoms with Gasteiger partial charge in [-0.25, -0.2) is 22.2 Å². The van der Waals surface area contributed by atoms with E-state index in [9.17, 15) is 12.8 Å². The van der Waals surface area contributed by atoms with Crippen molar-refractivity contribution in [1.82, 2.24) is 19.7 Å². The molecule has 0 aliphatic heterocycles. The summed E-state index contributed by atoms with van der Waals surface area (Å²) in [5, 5.41) is 8.05. The van der Waals surface area contributed by atoms with Crippen molar-refractivity contribution in [2.45, 2.75) is 13.5 Å². The summed E-state index contributed by atoms with van der Waals surface area (Å²) in [6.45, 7) is 1.91. The van der Waals surface area contributed by atoms with E-state index in [1.165, 1.54) is 16.8 Å². The molecule has 24 heavy (non-hydrogen) atoms. The number of halogens is 1. The van der Waals surface area contributed by atoms with Crippen molar-refractivity contribution in [3.8, 4) is 11.4 Å². The van der Waals surface area contributed by atoms with Crippen LogP contribution in [0.1, 0.15) is 11.1 Å². The van der Waals surface area contributed by atoms with Gasteiger partial charge in [0.15, 0.2) is 0 Å². The molecule has 0 radical (unpaired) electrons. The molecule has 0 aliphatic rings. The van der Waals surface area contributed by atoms with Crippen LogP contribution in [0.4, 0.5) is 4.39 Å². The van der Waals surface area contributed by atoms with Crippen molar-refractivity contribution in [1.29, 1.82) is 0 Å². The molecule has 1 N–H and O–H groups in total. The van der Waals surface area contributed by atoms with Crippen molar-refractivity contribution in [2.24, 2.45) is 0 Å². The predicted octanol–water partition coefficient (Wildman–Crippen LogP) is 1.49. The summed E-state index contributed by atoms with van der Waals surface area (Å²) in [5.41, 5.74) is 2.87. The zero-order valence-corrected chi connectivity index (χ0v) is 13.9. The fourth-order valence-electron chi connectivity index (χ4n) is 2.44. The molecule has 1 aromatic heterocycles. The van der Waals surface area contributed by atoms with E-state index < -0.39 is 16.7 Å². The number of aryl methyl sites for hydroxylation is 1. The Balaban J connectivity index is 2.02. The quantitative estimate of drug-likeness (QED) is 0.681. The molecule has 7 nitrogen and oxygen atoms in total. The first-order valence-corrected chi connectivity index (χ1v) is 8.24. The summed E-state index contributed by atoms with van der Waals surface area (Å²) in [6, 6.07) is 8.01. The number of nitrogens with one attached hydrogen (secondary N) is 1. The van der Waals surface area contributed by atoms with E-state index in [-0.39, 0.29) is 12.2 Å². The Morgan fingerprint density at radius 1 is 1.29 bits per heavy atom. The van der Waals surface area contributed by atoms with Crippen molar-refractivity contribution in [2.75, 3.05) is 7.11 Å². The van der Waals surface area contributed by atoms with E-state index >= 15 is 0 Å². The third-order valence-electron chi connectivity index (χ3n) is 3.61. The third kappa shape index (κ3) is 3.08. The second-order valence-electron chi connectivity index (χ2n) is 5.19. The number of thiol groups is 1. The van der Waals surface area contributed by atoms with Gasteiger partial charge in [0, 0.05) is 12.6 Å². The van der Waals surface area contributed by atoms with Gasteiger partial charge in [0.2, 0.25) is 10.9 Å². The maximum atomic E-state index is 14.4. The SMILES string of the molecule is COc1cc2nnn(-c3ccc(CN[SH](=O)=O)cc3F)c2cc1C. The molecule has 0 bridgehead atoms. The first-order chi connectivity index (χ1) is 11.5. The normalized spacial score (nSPS) is 11.3. The topological polar surface area (TPSA) is 86.1 Å². The van der Waals surface area contributed by atoms with E-state index in [1.54, 1.807) is 19.2 Å². The molecule has 0 unspecified atom stereocenters. The average Bonchev–Trinajstić information content (AvgIpc) is 2.94. The lowest BCUT2D eigenvalue weighted by atomic mass is 10.1. The Hall–Kier alpha value is -2.52. The molecule has 1 heterocycles. The van der Waals surface area contributed by atoms with Crippen molar-refractivity contribution >= 4 is 21.9 Å². The largest absolute Gasteiger partial charge is 0.496 e. The molecule has 0 amide bonds. The fraction of sp³-hybridized carbons (Fsp3) is 0.200. The molecule has 0 saturated heterocycles. The molecule has 3 aromatic rings.